The molecule has 0 fully saturated rings. The minimum atomic E-state index is -0.315. The largest absolute Gasteiger partial charge is 0.492 e. The molecule has 1 unspecified atom stereocenters. The topological polar surface area (TPSA) is 69.0 Å². The monoisotopic (exact) mass is 402 g/mol. The number of para-hydroxylation sites is 2. The van der Waals surface area contributed by atoms with E-state index in [1.807, 2.05) is 48.7 Å². The van der Waals surface area contributed by atoms with Gasteiger partial charge in [0.05, 0.1) is 17.5 Å². The molecule has 3 rings (SSSR count). The number of rotatable bonds is 9. The third kappa shape index (κ3) is 5.33. The lowest BCUT2D eigenvalue weighted by molar-refractivity contribution is -0.115. The van der Waals surface area contributed by atoms with Crippen molar-refractivity contribution in [3.05, 3.63) is 53.0 Å². The number of amides is 1. The quantitative estimate of drug-likeness (QED) is 0.546. The number of carbonyl (C=O) groups is 1. The first-order valence-corrected chi connectivity index (χ1v) is 10.5. The highest BCUT2D eigenvalue weighted by Crippen LogP contribution is 2.27. The van der Waals surface area contributed by atoms with E-state index in [0.29, 0.717) is 18.0 Å². The van der Waals surface area contributed by atoms with Crippen molar-refractivity contribution >= 4 is 34.7 Å². The normalized spacial score (nSPS) is 11.9. The van der Waals surface area contributed by atoms with E-state index in [1.54, 1.807) is 17.7 Å². The summed E-state index contributed by atoms with van der Waals surface area (Å²) in [5.41, 5.74) is 0.677. The van der Waals surface area contributed by atoms with Gasteiger partial charge in [0, 0.05) is 11.4 Å². The molecule has 1 aromatic carbocycles. The second-order valence-electron chi connectivity index (χ2n) is 5.81. The number of aryl methyl sites for hydroxylation is 2. The Morgan fingerprint density at radius 1 is 1.33 bits per heavy atom. The Morgan fingerprint density at radius 2 is 2.19 bits per heavy atom. The smallest absolute Gasteiger partial charge is 0.237 e. The molecule has 0 saturated heterocycles. The number of nitrogens with one attached hydrogen (secondary N) is 1. The van der Waals surface area contributed by atoms with Crippen LogP contribution in [0.1, 0.15) is 18.7 Å². The summed E-state index contributed by atoms with van der Waals surface area (Å²) in [5, 5.41) is 13.6. The standard InChI is InChI=1S/C19H22N4O2S2/c1-3-25-17-9-5-4-8-16(17)21-18(24)14(2)27-19-22-20-13-23(19)11-10-15-7-6-12-26-15/h4-9,12-14H,3,10-11H2,1-2H3,(H,21,24). The molecular formula is C19H22N4O2S2. The molecule has 0 bridgehead atoms. The molecule has 0 aliphatic heterocycles. The van der Waals surface area contributed by atoms with Crippen LogP contribution < -0.4 is 10.1 Å². The summed E-state index contributed by atoms with van der Waals surface area (Å²) in [6.45, 7) is 5.11. The molecule has 27 heavy (non-hydrogen) atoms. The van der Waals surface area contributed by atoms with Gasteiger partial charge in [0.25, 0.3) is 0 Å². The van der Waals surface area contributed by atoms with Crippen LogP contribution in [0.4, 0.5) is 5.69 Å². The predicted molar refractivity (Wildman–Crippen MR) is 110 cm³/mol. The van der Waals surface area contributed by atoms with Crippen LogP contribution in [0.3, 0.4) is 0 Å². The number of ether oxygens (including phenoxy) is 1. The fourth-order valence-corrected chi connectivity index (χ4v) is 4.02. The Hall–Kier alpha value is -2.32. The van der Waals surface area contributed by atoms with Crippen molar-refractivity contribution in [1.82, 2.24) is 14.8 Å². The maximum absolute atomic E-state index is 12.6. The highest BCUT2D eigenvalue weighted by Gasteiger charge is 2.19. The molecule has 1 N–H and O–H groups in total. The van der Waals surface area contributed by atoms with Crippen LogP contribution in [0.25, 0.3) is 0 Å². The van der Waals surface area contributed by atoms with E-state index in [4.69, 9.17) is 4.74 Å². The zero-order chi connectivity index (χ0) is 19.1. The van der Waals surface area contributed by atoms with Crippen molar-refractivity contribution in [2.75, 3.05) is 11.9 Å². The molecule has 0 aliphatic carbocycles. The van der Waals surface area contributed by atoms with Crippen molar-refractivity contribution < 1.29 is 9.53 Å². The lowest BCUT2D eigenvalue weighted by Crippen LogP contribution is -2.23. The van der Waals surface area contributed by atoms with Crippen LogP contribution >= 0.6 is 23.1 Å². The van der Waals surface area contributed by atoms with Gasteiger partial charge in [-0.25, -0.2) is 0 Å². The van der Waals surface area contributed by atoms with Gasteiger partial charge < -0.3 is 14.6 Å². The summed E-state index contributed by atoms with van der Waals surface area (Å²) < 4.78 is 7.55. The molecular weight excluding hydrogens is 380 g/mol. The van der Waals surface area contributed by atoms with Gasteiger partial charge >= 0.3 is 0 Å². The van der Waals surface area contributed by atoms with Crippen LogP contribution in [-0.4, -0.2) is 32.5 Å². The highest BCUT2D eigenvalue weighted by molar-refractivity contribution is 8.00. The van der Waals surface area contributed by atoms with Crippen molar-refractivity contribution in [1.29, 1.82) is 0 Å². The minimum absolute atomic E-state index is 0.0973. The summed E-state index contributed by atoms with van der Waals surface area (Å²) in [6.07, 6.45) is 2.64. The maximum atomic E-state index is 12.6. The summed E-state index contributed by atoms with van der Waals surface area (Å²) in [6, 6.07) is 11.6. The maximum Gasteiger partial charge on any atom is 0.237 e. The first-order chi connectivity index (χ1) is 13.2. The van der Waals surface area contributed by atoms with Gasteiger partial charge in [0.1, 0.15) is 12.1 Å². The van der Waals surface area contributed by atoms with E-state index in [0.717, 1.165) is 18.1 Å². The van der Waals surface area contributed by atoms with E-state index < -0.39 is 0 Å². The third-order valence-electron chi connectivity index (χ3n) is 3.86. The van der Waals surface area contributed by atoms with Crippen molar-refractivity contribution in [3.8, 4) is 5.75 Å². The second kappa shape index (κ2) is 9.57. The van der Waals surface area contributed by atoms with Gasteiger partial charge in [-0.3, -0.25) is 4.79 Å². The number of anilines is 1. The Bertz CT molecular complexity index is 864. The molecule has 0 radical (unpaired) electrons. The second-order valence-corrected chi connectivity index (χ2v) is 8.15. The van der Waals surface area contributed by atoms with Crippen molar-refractivity contribution in [2.45, 2.75) is 37.2 Å². The zero-order valence-corrected chi connectivity index (χ0v) is 16.9. The molecule has 2 heterocycles. The Kier molecular flexibility index (Phi) is 6.89. The SMILES string of the molecule is CCOc1ccccc1NC(=O)C(C)Sc1nncn1CCc1cccs1. The highest BCUT2D eigenvalue weighted by atomic mass is 32.2. The van der Waals surface area contributed by atoms with E-state index in [1.165, 1.54) is 16.6 Å². The molecule has 0 spiro atoms. The average molecular weight is 403 g/mol. The molecule has 3 aromatic rings. The number of hydrogen-bond donors (Lipinski definition) is 1. The number of thioether (sulfide) groups is 1. The number of aromatic nitrogens is 3. The van der Waals surface area contributed by atoms with Crippen LogP contribution in [0.2, 0.25) is 0 Å². The first kappa shape index (κ1) is 19.4. The predicted octanol–water partition coefficient (Wildman–Crippen LogP) is 4.10. The Balaban J connectivity index is 1.59. The first-order valence-electron chi connectivity index (χ1n) is 8.77. The van der Waals surface area contributed by atoms with E-state index >= 15 is 0 Å². The lowest BCUT2D eigenvalue weighted by atomic mass is 10.3. The fourth-order valence-electron chi connectivity index (χ4n) is 2.47. The molecule has 1 atom stereocenters. The van der Waals surface area contributed by atoms with Crippen LogP contribution in [0, 0.1) is 0 Å². The van der Waals surface area contributed by atoms with E-state index in [9.17, 15) is 4.79 Å². The third-order valence-corrected chi connectivity index (χ3v) is 5.89. The number of thiophene rings is 1. The fraction of sp³-hybridized carbons (Fsp3) is 0.316. The van der Waals surface area contributed by atoms with Gasteiger partial charge in [-0.2, -0.15) is 0 Å². The van der Waals surface area contributed by atoms with Gasteiger partial charge in [-0.15, -0.1) is 21.5 Å². The van der Waals surface area contributed by atoms with Gasteiger partial charge in [0.15, 0.2) is 5.16 Å². The molecule has 2 aromatic heterocycles. The van der Waals surface area contributed by atoms with E-state index in [-0.39, 0.29) is 11.2 Å². The molecule has 0 saturated carbocycles. The van der Waals surface area contributed by atoms with Crippen molar-refractivity contribution in [2.24, 2.45) is 0 Å². The molecule has 8 heteroatoms. The van der Waals surface area contributed by atoms with Crippen LogP contribution in [-0.2, 0) is 17.8 Å². The average Bonchev–Trinajstić information content (AvgIpc) is 3.33. The minimum Gasteiger partial charge on any atom is -0.492 e. The molecule has 6 nitrogen and oxygen atoms in total. The van der Waals surface area contributed by atoms with Crippen LogP contribution in [0.5, 0.6) is 5.75 Å². The summed E-state index contributed by atoms with van der Waals surface area (Å²) in [7, 11) is 0. The van der Waals surface area contributed by atoms with E-state index in [2.05, 4.69) is 27.0 Å². The number of carbonyl (C=O) groups excluding carboxylic acids is 1. The summed E-state index contributed by atoms with van der Waals surface area (Å²) >= 11 is 3.14. The van der Waals surface area contributed by atoms with Crippen molar-refractivity contribution in [3.63, 3.8) is 0 Å². The number of benzene rings is 1. The number of hydrogen-bond acceptors (Lipinski definition) is 6. The van der Waals surface area contributed by atoms with Crippen LogP contribution in [0.15, 0.2) is 53.3 Å². The van der Waals surface area contributed by atoms with Gasteiger partial charge in [0.2, 0.25) is 5.91 Å². The Labute approximate surface area is 167 Å². The number of nitrogens with zero attached hydrogens (tertiary/aromatic N) is 3. The Morgan fingerprint density at radius 3 is 2.96 bits per heavy atom. The zero-order valence-electron chi connectivity index (χ0n) is 15.3. The summed E-state index contributed by atoms with van der Waals surface area (Å²) in [5.74, 6) is 0.574. The lowest BCUT2D eigenvalue weighted by Gasteiger charge is -2.14. The van der Waals surface area contributed by atoms with Gasteiger partial charge in [-0.05, 0) is 43.8 Å². The summed E-state index contributed by atoms with van der Waals surface area (Å²) in [4.78, 5) is 13.9. The molecule has 1 amide bonds. The van der Waals surface area contributed by atoms with Gasteiger partial charge in [-0.1, -0.05) is 30.0 Å². The molecule has 0 aliphatic rings. The molecule has 142 valence electrons.